The van der Waals surface area contributed by atoms with Gasteiger partial charge in [-0.2, -0.15) is 0 Å². The zero-order valence-electron chi connectivity index (χ0n) is 6.36. The normalized spacial score (nSPS) is 43.5. The zero-order valence-corrected chi connectivity index (χ0v) is 6.36. The fourth-order valence-electron chi connectivity index (χ4n) is 1.46. The van der Waals surface area contributed by atoms with Gasteiger partial charge in [-0.25, -0.2) is 0 Å². The molecule has 0 aromatic rings. The number of rotatable bonds is 0. The maximum absolute atomic E-state index is 2.37. The maximum atomic E-state index is 2.37. The first-order chi connectivity index (χ1) is 3.55. The van der Waals surface area contributed by atoms with Crippen LogP contribution in [0.1, 0.15) is 34.1 Å². The number of hydrogen-bond acceptors (Lipinski definition) is 0. The molecule has 0 aromatic carbocycles. The lowest BCUT2D eigenvalue weighted by atomic mass is 9.56. The second-order valence-corrected chi connectivity index (χ2v) is 3.86. The molecule has 8 heavy (non-hydrogen) atoms. The van der Waals surface area contributed by atoms with Crippen molar-refractivity contribution in [3.05, 3.63) is 0 Å². The molecule has 1 saturated carbocycles. The van der Waals surface area contributed by atoms with Crippen LogP contribution in [-0.4, -0.2) is 0 Å². The average Bonchev–Trinajstić information content (AvgIpc) is 1.68. The molecule has 2 atom stereocenters. The smallest absolute Gasteiger partial charge is 0.0303 e. The molecule has 1 rings (SSSR count). The van der Waals surface area contributed by atoms with Crippen molar-refractivity contribution < 1.29 is 0 Å². The highest BCUT2D eigenvalue weighted by molar-refractivity contribution is 4.91. The summed E-state index contributed by atoms with van der Waals surface area (Å²) in [5.74, 6) is 1.91. The Kier molecular flexibility index (Phi) is 1.14. The van der Waals surface area contributed by atoms with Crippen LogP contribution in [0.3, 0.4) is 0 Å². The Morgan fingerprint density at radius 1 is 1.12 bits per heavy atom. The fraction of sp³-hybridized carbons (Fsp3) is 1.00. The van der Waals surface area contributed by atoms with Gasteiger partial charge in [-0.05, 0) is 23.7 Å². The minimum Gasteiger partial charge on any atom is -0.0620 e. The van der Waals surface area contributed by atoms with Gasteiger partial charge >= 0.3 is 0 Å². The standard InChI is InChI=1S/C8H16/c1-6-5-7(2)8(6,3)4/h6-7H,5H2,1-4H3. The van der Waals surface area contributed by atoms with Gasteiger partial charge in [-0.3, -0.25) is 0 Å². The molecule has 0 N–H and O–H groups in total. The second kappa shape index (κ2) is 1.49. The predicted molar refractivity (Wildman–Crippen MR) is 36.7 cm³/mol. The molecular formula is C8H16. The summed E-state index contributed by atoms with van der Waals surface area (Å²) >= 11 is 0. The van der Waals surface area contributed by atoms with E-state index in [4.69, 9.17) is 0 Å². The molecule has 0 heterocycles. The Labute approximate surface area is 52.3 Å². The van der Waals surface area contributed by atoms with Gasteiger partial charge < -0.3 is 0 Å². The topological polar surface area (TPSA) is 0 Å². The molecule has 0 bridgehead atoms. The third-order valence-corrected chi connectivity index (χ3v) is 3.25. The van der Waals surface area contributed by atoms with E-state index in [0.717, 1.165) is 11.8 Å². The van der Waals surface area contributed by atoms with Gasteiger partial charge in [0.1, 0.15) is 0 Å². The van der Waals surface area contributed by atoms with E-state index in [1.165, 1.54) is 6.42 Å². The Balaban J connectivity index is 2.52. The Morgan fingerprint density at radius 3 is 1.50 bits per heavy atom. The van der Waals surface area contributed by atoms with Crippen LogP contribution in [0.2, 0.25) is 0 Å². The van der Waals surface area contributed by atoms with Gasteiger partial charge in [0.15, 0.2) is 0 Å². The SMILES string of the molecule is CC1CC(C)C1(C)C. The molecule has 0 heteroatoms. The first kappa shape index (κ1) is 6.12. The van der Waals surface area contributed by atoms with Crippen molar-refractivity contribution in [3.8, 4) is 0 Å². The molecule has 0 nitrogen and oxygen atoms in total. The highest BCUT2D eigenvalue weighted by atomic mass is 14.5. The van der Waals surface area contributed by atoms with Gasteiger partial charge in [0.2, 0.25) is 0 Å². The minimum absolute atomic E-state index is 0.639. The van der Waals surface area contributed by atoms with Crippen LogP contribution in [0.4, 0.5) is 0 Å². The molecule has 0 aliphatic heterocycles. The average molecular weight is 112 g/mol. The Hall–Kier alpha value is 0. The van der Waals surface area contributed by atoms with Gasteiger partial charge in [0.05, 0.1) is 0 Å². The third kappa shape index (κ3) is 0.586. The van der Waals surface area contributed by atoms with Crippen molar-refractivity contribution in [1.29, 1.82) is 0 Å². The summed E-state index contributed by atoms with van der Waals surface area (Å²) < 4.78 is 0. The van der Waals surface area contributed by atoms with Crippen LogP contribution in [0, 0.1) is 17.3 Å². The van der Waals surface area contributed by atoms with Crippen LogP contribution in [0.5, 0.6) is 0 Å². The molecule has 48 valence electrons. The maximum Gasteiger partial charge on any atom is -0.0303 e. The van der Waals surface area contributed by atoms with E-state index in [-0.39, 0.29) is 0 Å². The van der Waals surface area contributed by atoms with Crippen molar-refractivity contribution in [2.24, 2.45) is 17.3 Å². The highest BCUT2D eigenvalue weighted by Gasteiger charge is 2.41. The molecule has 0 spiro atoms. The summed E-state index contributed by atoms with van der Waals surface area (Å²) in [4.78, 5) is 0. The van der Waals surface area contributed by atoms with Crippen LogP contribution >= 0.6 is 0 Å². The molecule has 0 radical (unpaired) electrons. The predicted octanol–water partition coefficient (Wildman–Crippen LogP) is 2.69. The van der Waals surface area contributed by atoms with Gasteiger partial charge in [-0.15, -0.1) is 0 Å². The van der Waals surface area contributed by atoms with Crippen LogP contribution in [0.25, 0.3) is 0 Å². The third-order valence-electron chi connectivity index (χ3n) is 3.25. The summed E-state index contributed by atoms with van der Waals surface area (Å²) in [6, 6.07) is 0. The van der Waals surface area contributed by atoms with Crippen LogP contribution in [0.15, 0.2) is 0 Å². The van der Waals surface area contributed by atoms with E-state index in [2.05, 4.69) is 27.7 Å². The van der Waals surface area contributed by atoms with Crippen molar-refractivity contribution in [1.82, 2.24) is 0 Å². The lowest BCUT2D eigenvalue weighted by Gasteiger charge is -2.49. The van der Waals surface area contributed by atoms with Crippen LogP contribution < -0.4 is 0 Å². The molecule has 0 saturated heterocycles. The van der Waals surface area contributed by atoms with Crippen molar-refractivity contribution >= 4 is 0 Å². The summed E-state index contributed by atoms with van der Waals surface area (Å²) in [7, 11) is 0. The summed E-state index contributed by atoms with van der Waals surface area (Å²) in [6.45, 7) is 9.43. The quantitative estimate of drug-likeness (QED) is 0.452. The van der Waals surface area contributed by atoms with Crippen molar-refractivity contribution in [2.75, 3.05) is 0 Å². The van der Waals surface area contributed by atoms with Crippen LogP contribution in [-0.2, 0) is 0 Å². The largest absolute Gasteiger partial charge is 0.0620 e. The van der Waals surface area contributed by atoms with Gasteiger partial charge in [0, 0.05) is 0 Å². The zero-order chi connectivity index (χ0) is 6.36. The van der Waals surface area contributed by atoms with Crippen molar-refractivity contribution in [3.63, 3.8) is 0 Å². The summed E-state index contributed by atoms with van der Waals surface area (Å²) in [5, 5.41) is 0. The van der Waals surface area contributed by atoms with E-state index in [9.17, 15) is 0 Å². The Morgan fingerprint density at radius 2 is 1.50 bits per heavy atom. The lowest BCUT2D eigenvalue weighted by Crippen LogP contribution is -2.41. The van der Waals surface area contributed by atoms with E-state index in [0.29, 0.717) is 5.41 Å². The molecule has 0 amide bonds. The molecular weight excluding hydrogens is 96.1 g/mol. The lowest BCUT2D eigenvalue weighted by molar-refractivity contribution is 0.00567. The number of hydrogen-bond donors (Lipinski definition) is 0. The van der Waals surface area contributed by atoms with E-state index >= 15 is 0 Å². The van der Waals surface area contributed by atoms with Crippen molar-refractivity contribution in [2.45, 2.75) is 34.1 Å². The monoisotopic (exact) mass is 112 g/mol. The molecule has 2 unspecified atom stereocenters. The highest BCUT2D eigenvalue weighted by Crippen LogP contribution is 2.50. The molecule has 1 aliphatic carbocycles. The summed E-state index contributed by atoms with van der Waals surface area (Å²) in [5.41, 5.74) is 0.639. The fourth-order valence-corrected chi connectivity index (χ4v) is 1.46. The first-order valence-corrected chi connectivity index (χ1v) is 3.55. The van der Waals surface area contributed by atoms with E-state index in [1.54, 1.807) is 0 Å². The molecule has 0 aromatic heterocycles. The van der Waals surface area contributed by atoms with E-state index < -0.39 is 0 Å². The minimum atomic E-state index is 0.639. The second-order valence-electron chi connectivity index (χ2n) is 3.86. The van der Waals surface area contributed by atoms with Gasteiger partial charge in [0.25, 0.3) is 0 Å². The summed E-state index contributed by atoms with van der Waals surface area (Å²) in [6.07, 6.45) is 1.44. The van der Waals surface area contributed by atoms with E-state index in [1.807, 2.05) is 0 Å². The van der Waals surface area contributed by atoms with Gasteiger partial charge in [-0.1, -0.05) is 27.7 Å². The Bertz CT molecular complexity index is 82.2. The molecule has 1 fully saturated rings. The first-order valence-electron chi connectivity index (χ1n) is 3.55. The molecule has 1 aliphatic rings.